The van der Waals surface area contributed by atoms with Gasteiger partial charge in [-0.25, -0.2) is 9.18 Å². The molecule has 0 aliphatic carbocycles. The molecule has 0 saturated carbocycles. The minimum absolute atomic E-state index is 0.0236. The monoisotopic (exact) mass is 617 g/mol. The number of carbonyl (C=O) groups is 1. The molecule has 0 spiro atoms. The molecule has 4 aromatic carbocycles. The number of alkyl halides is 3. The Hall–Kier alpha value is -4.28. The van der Waals surface area contributed by atoms with E-state index in [-0.39, 0.29) is 50.2 Å². The van der Waals surface area contributed by atoms with E-state index >= 15 is 0 Å². The normalized spacial score (nSPS) is 11.6. The number of hydrogen-bond acceptors (Lipinski definition) is 3. The van der Waals surface area contributed by atoms with E-state index in [1.165, 1.54) is 31.3 Å². The van der Waals surface area contributed by atoms with Crippen LogP contribution >= 0.6 is 23.2 Å². The van der Waals surface area contributed by atoms with Crippen LogP contribution in [0.3, 0.4) is 0 Å². The third-order valence-electron chi connectivity index (χ3n) is 6.53. The Morgan fingerprint density at radius 1 is 0.952 bits per heavy atom. The summed E-state index contributed by atoms with van der Waals surface area (Å²) in [6.45, 7) is -0.438. The zero-order valence-corrected chi connectivity index (χ0v) is 23.3. The Morgan fingerprint density at radius 3 is 2.21 bits per heavy atom. The first-order valence-corrected chi connectivity index (χ1v) is 13.2. The SMILES string of the molecule is Cn1c(=O)n(CC(=O)Nc2ccc(F)cc2)c2cc(C(F)(F)F)cc(-c3cc(Cl)c(OCc4ccccc4)c(Cl)c3)c21. The summed E-state index contributed by atoms with van der Waals surface area (Å²) in [6.07, 6.45) is -4.78. The van der Waals surface area contributed by atoms with E-state index in [9.17, 15) is 27.2 Å². The molecule has 12 heteroatoms. The maximum atomic E-state index is 14.0. The van der Waals surface area contributed by atoms with Crippen molar-refractivity contribution in [3.8, 4) is 16.9 Å². The second-order valence-electron chi connectivity index (χ2n) is 9.42. The van der Waals surface area contributed by atoms with E-state index in [1.807, 2.05) is 30.3 Å². The van der Waals surface area contributed by atoms with Crippen molar-refractivity contribution in [2.75, 3.05) is 5.32 Å². The Kier molecular flexibility index (Phi) is 8.03. The number of aromatic nitrogens is 2. The molecule has 1 N–H and O–H groups in total. The number of fused-ring (bicyclic) bond motifs is 1. The van der Waals surface area contributed by atoms with Crippen LogP contribution in [0.4, 0.5) is 23.2 Å². The average molecular weight is 618 g/mol. The van der Waals surface area contributed by atoms with Crippen molar-refractivity contribution in [1.82, 2.24) is 9.13 Å². The van der Waals surface area contributed by atoms with Crippen LogP contribution in [0.1, 0.15) is 11.1 Å². The van der Waals surface area contributed by atoms with Gasteiger partial charge in [0.05, 0.1) is 26.6 Å². The molecule has 216 valence electrons. The van der Waals surface area contributed by atoms with Gasteiger partial charge in [0, 0.05) is 18.3 Å². The van der Waals surface area contributed by atoms with Crippen molar-refractivity contribution in [3.63, 3.8) is 0 Å². The number of anilines is 1. The number of hydrogen-bond donors (Lipinski definition) is 1. The molecule has 1 heterocycles. The van der Waals surface area contributed by atoms with Gasteiger partial charge in [0.15, 0.2) is 5.75 Å². The predicted molar refractivity (Wildman–Crippen MR) is 153 cm³/mol. The molecule has 42 heavy (non-hydrogen) atoms. The van der Waals surface area contributed by atoms with Gasteiger partial charge in [-0.15, -0.1) is 0 Å². The molecular weight excluding hydrogens is 597 g/mol. The molecule has 1 aromatic heterocycles. The van der Waals surface area contributed by atoms with Gasteiger partial charge in [0.1, 0.15) is 19.0 Å². The number of imidazole rings is 1. The number of nitrogens with zero attached hydrogens (tertiary/aromatic N) is 2. The highest BCUT2D eigenvalue weighted by atomic mass is 35.5. The predicted octanol–water partition coefficient (Wildman–Crippen LogP) is 7.69. The first-order valence-electron chi connectivity index (χ1n) is 12.4. The van der Waals surface area contributed by atoms with Crippen molar-refractivity contribution in [1.29, 1.82) is 0 Å². The molecule has 0 aliphatic heterocycles. The Balaban J connectivity index is 1.57. The minimum Gasteiger partial charge on any atom is -0.486 e. The van der Waals surface area contributed by atoms with E-state index in [0.717, 1.165) is 39.0 Å². The van der Waals surface area contributed by atoms with Crippen LogP contribution in [0, 0.1) is 5.82 Å². The van der Waals surface area contributed by atoms with Gasteiger partial charge in [-0.1, -0.05) is 53.5 Å². The van der Waals surface area contributed by atoms with Crippen LogP contribution in [-0.4, -0.2) is 15.0 Å². The number of ether oxygens (including phenoxy) is 1. The van der Waals surface area contributed by atoms with E-state index in [0.29, 0.717) is 0 Å². The summed E-state index contributed by atoms with van der Waals surface area (Å²) in [7, 11) is 1.39. The lowest BCUT2D eigenvalue weighted by Crippen LogP contribution is -2.28. The standard InChI is InChI=1S/C30H21Cl2F4N3O3/c1-38-27-22(18-11-23(31)28(24(32)12-18)42-16-17-5-3-2-4-6-17)13-19(30(34,35)36)14-25(27)39(29(38)41)15-26(40)37-21-9-7-20(33)8-10-21/h2-14H,15-16H2,1H3,(H,37,40). The molecule has 5 rings (SSSR count). The fourth-order valence-corrected chi connectivity index (χ4v) is 5.15. The number of nitrogens with one attached hydrogen (secondary N) is 1. The zero-order chi connectivity index (χ0) is 30.2. The van der Waals surface area contributed by atoms with E-state index in [1.54, 1.807) is 0 Å². The van der Waals surface area contributed by atoms with Crippen LogP contribution in [0.2, 0.25) is 10.0 Å². The topological polar surface area (TPSA) is 65.3 Å². The summed E-state index contributed by atoms with van der Waals surface area (Å²) in [5.41, 5.74) is -0.420. The van der Waals surface area contributed by atoms with Gasteiger partial charge >= 0.3 is 11.9 Å². The summed E-state index contributed by atoms with van der Waals surface area (Å²) in [6, 6.07) is 18.7. The van der Waals surface area contributed by atoms with Gasteiger partial charge in [-0.2, -0.15) is 13.2 Å². The number of amides is 1. The largest absolute Gasteiger partial charge is 0.486 e. The van der Waals surface area contributed by atoms with Gasteiger partial charge in [0.2, 0.25) is 5.91 Å². The van der Waals surface area contributed by atoms with Crippen molar-refractivity contribution in [3.05, 3.63) is 116 Å². The average Bonchev–Trinajstić information content (AvgIpc) is 3.18. The first-order chi connectivity index (χ1) is 19.9. The summed E-state index contributed by atoms with van der Waals surface area (Å²) >= 11 is 13.0. The molecule has 0 unspecified atom stereocenters. The summed E-state index contributed by atoms with van der Waals surface area (Å²) in [4.78, 5) is 26.0. The summed E-state index contributed by atoms with van der Waals surface area (Å²) < 4.78 is 63.2. The Bertz CT molecular complexity index is 1830. The fraction of sp³-hybridized carbons (Fsp3) is 0.133. The van der Waals surface area contributed by atoms with Crippen molar-refractivity contribution < 1.29 is 27.1 Å². The lowest BCUT2D eigenvalue weighted by molar-refractivity contribution is -0.137. The van der Waals surface area contributed by atoms with E-state index in [2.05, 4.69) is 5.32 Å². The van der Waals surface area contributed by atoms with Crippen LogP contribution < -0.4 is 15.7 Å². The quantitative estimate of drug-likeness (QED) is 0.190. The van der Waals surface area contributed by atoms with Gasteiger partial charge in [-0.05, 0) is 59.7 Å². The first kappa shape index (κ1) is 29.2. The highest BCUT2D eigenvalue weighted by Gasteiger charge is 2.33. The molecule has 0 saturated heterocycles. The number of rotatable bonds is 7. The molecule has 5 aromatic rings. The molecule has 0 aliphatic rings. The number of halogens is 6. The van der Waals surface area contributed by atoms with Crippen molar-refractivity contribution in [2.24, 2.45) is 7.05 Å². The summed E-state index contributed by atoms with van der Waals surface area (Å²) in [5, 5.41) is 2.62. The second kappa shape index (κ2) is 11.5. The molecule has 6 nitrogen and oxygen atoms in total. The summed E-state index contributed by atoms with van der Waals surface area (Å²) in [5.74, 6) is -1.05. The van der Waals surface area contributed by atoms with Gasteiger partial charge < -0.3 is 10.1 Å². The van der Waals surface area contributed by atoms with Gasteiger partial charge in [-0.3, -0.25) is 13.9 Å². The molecule has 0 atom stereocenters. The van der Waals surface area contributed by atoms with Crippen LogP contribution in [0.5, 0.6) is 5.75 Å². The lowest BCUT2D eigenvalue weighted by Gasteiger charge is -2.15. The smallest absolute Gasteiger partial charge is 0.416 e. The molecule has 1 amide bonds. The third kappa shape index (κ3) is 6.00. The second-order valence-corrected chi connectivity index (χ2v) is 10.2. The highest BCUT2D eigenvalue weighted by molar-refractivity contribution is 6.37. The Labute approximate surface area is 246 Å². The lowest BCUT2D eigenvalue weighted by atomic mass is 10.00. The number of carbonyl (C=O) groups excluding carboxylic acids is 1. The molecule has 0 fully saturated rings. The van der Waals surface area contributed by atoms with Gasteiger partial charge in [0.25, 0.3) is 0 Å². The Morgan fingerprint density at radius 2 is 1.60 bits per heavy atom. The minimum atomic E-state index is -4.78. The van der Waals surface area contributed by atoms with Crippen molar-refractivity contribution in [2.45, 2.75) is 19.3 Å². The highest BCUT2D eigenvalue weighted by Crippen LogP contribution is 2.42. The van der Waals surface area contributed by atoms with Crippen LogP contribution in [0.25, 0.3) is 22.2 Å². The fourth-order valence-electron chi connectivity index (χ4n) is 4.55. The molecule has 0 radical (unpaired) electrons. The van der Waals surface area contributed by atoms with E-state index < -0.39 is 35.7 Å². The van der Waals surface area contributed by atoms with Crippen LogP contribution in [0.15, 0.2) is 83.7 Å². The van der Waals surface area contributed by atoms with Crippen molar-refractivity contribution >= 4 is 45.8 Å². The zero-order valence-electron chi connectivity index (χ0n) is 21.8. The third-order valence-corrected chi connectivity index (χ3v) is 7.09. The number of aryl methyl sites for hydroxylation is 1. The molecular formula is C30H21Cl2F4N3O3. The van der Waals surface area contributed by atoms with Crippen LogP contribution in [-0.2, 0) is 31.2 Å². The van der Waals surface area contributed by atoms with E-state index in [4.69, 9.17) is 27.9 Å². The maximum absolute atomic E-state index is 14.0. The maximum Gasteiger partial charge on any atom is 0.416 e. The number of benzene rings is 4. The molecule has 0 bridgehead atoms.